The number of rotatable bonds is 3. The first kappa shape index (κ1) is 15.1. The van der Waals surface area contributed by atoms with Gasteiger partial charge in [-0.25, -0.2) is 9.97 Å². The molecule has 0 N–H and O–H groups in total. The van der Waals surface area contributed by atoms with E-state index < -0.39 is 0 Å². The summed E-state index contributed by atoms with van der Waals surface area (Å²) in [4.78, 5) is 10.9. The molecule has 0 aliphatic rings. The van der Waals surface area contributed by atoms with Gasteiger partial charge in [-0.2, -0.15) is 0 Å². The van der Waals surface area contributed by atoms with Crippen molar-refractivity contribution in [2.24, 2.45) is 0 Å². The molecule has 20 heavy (non-hydrogen) atoms. The molecule has 1 atom stereocenters. The normalized spacial score (nSPS) is 12.3. The lowest BCUT2D eigenvalue weighted by molar-refractivity contribution is 0.723. The summed E-state index contributed by atoms with van der Waals surface area (Å²) in [6.07, 6.45) is 0. The van der Waals surface area contributed by atoms with E-state index in [9.17, 15) is 0 Å². The largest absolute Gasteiger partial charge is 0.350 e. The van der Waals surface area contributed by atoms with Crippen LogP contribution in [0.1, 0.15) is 29.9 Å². The molecule has 0 bridgehead atoms. The summed E-state index contributed by atoms with van der Waals surface area (Å²) in [5, 5.41) is 1.16. The van der Waals surface area contributed by atoms with Crippen LogP contribution in [0, 0.1) is 13.8 Å². The second-order valence-electron chi connectivity index (χ2n) is 4.85. The fourth-order valence-electron chi connectivity index (χ4n) is 1.94. The predicted octanol–water partition coefficient (Wildman–Crippen LogP) is 4.60. The lowest BCUT2D eigenvalue weighted by Crippen LogP contribution is -2.23. The summed E-state index contributed by atoms with van der Waals surface area (Å²) in [6.45, 7) is 5.93. The van der Waals surface area contributed by atoms with Crippen molar-refractivity contribution in [1.82, 2.24) is 9.97 Å². The number of halogens is 2. The van der Waals surface area contributed by atoms with Crippen molar-refractivity contribution in [1.29, 1.82) is 0 Å². The lowest BCUT2D eigenvalue weighted by atomic mass is 10.1. The molecule has 2 rings (SSSR count). The van der Waals surface area contributed by atoms with Crippen LogP contribution < -0.4 is 4.90 Å². The van der Waals surface area contributed by atoms with E-state index in [0.717, 1.165) is 22.0 Å². The first-order chi connectivity index (χ1) is 9.40. The highest BCUT2D eigenvalue weighted by molar-refractivity contribution is 6.31. The number of benzene rings is 1. The molecule has 5 heteroatoms. The van der Waals surface area contributed by atoms with Crippen LogP contribution in [0.15, 0.2) is 24.3 Å². The second-order valence-corrected chi connectivity index (χ2v) is 5.64. The zero-order chi connectivity index (χ0) is 14.9. The average molecular weight is 310 g/mol. The molecule has 1 aromatic carbocycles. The summed E-state index contributed by atoms with van der Waals surface area (Å²) in [5.41, 5.74) is 2.89. The highest BCUT2D eigenvalue weighted by Crippen LogP contribution is 2.29. The molecule has 0 radical (unpaired) electrons. The Morgan fingerprint density at radius 1 is 1.00 bits per heavy atom. The third-order valence-corrected chi connectivity index (χ3v) is 4.02. The number of aromatic nitrogens is 2. The number of hydrogen-bond donors (Lipinski definition) is 0. The molecule has 0 saturated carbocycles. The number of nitrogens with zero attached hydrogens (tertiary/aromatic N) is 3. The predicted molar refractivity (Wildman–Crippen MR) is 84.8 cm³/mol. The Bertz CT molecular complexity index is 611. The average Bonchev–Trinajstić information content (AvgIpc) is 2.42. The molecule has 0 saturated heterocycles. The zero-order valence-corrected chi connectivity index (χ0v) is 13.5. The van der Waals surface area contributed by atoms with Gasteiger partial charge in [0.1, 0.15) is 0 Å². The van der Waals surface area contributed by atoms with E-state index in [1.165, 1.54) is 0 Å². The lowest BCUT2D eigenvalue weighted by Gasteiger charge is -2.27. The van der Waals surface area contributed by atoms with Gasteiger partial charge in [-0.15, -0.1) is 0 Å². The van der Waals surface area contributed by atoms with Crippen LogP contribution in [-0.4, -0.2) is 17.0 Å². The minimum atomic E-state index is 0.126. The minimum absolute atomic E-state index is 0.126. The molecule has 106 valence electrons. The highest BCUT2D eigenvalue weighted by Gasteiger charge is 2.18. The van der Waals surface area contributed by atoms with Gasteiger partial charge in [0.05, 0.1) is 17.4 Å². The van der Waals surface area contributed by atoms with Gasteiger partial charge in [0.2, 0.25) is 0 Å². The maximum absolute atomic E-state index is 6.22. The van der Waals surface area contributed by atoms with Crippen LogP contribution in [0.3, 0.4) is 0 Å². The van der Waals surface area contributed by atoms with Gasteiger partial charge in [0.25, 0.3) is 0 Å². The van der Waals surface area contributed by atoms with Crippen molar-refractivity contribution in [3.05, 3.63) is 51.4 Å². The van der Waals surface area contributed by atoms with E-state index in [1.807, 2.05) is 50.1 Å². The molecule has 1 aromatic heterocycles. The first-order valence-electron chi connectivity index (χ1n) is 6.39. The number of hydrogen-bond acceptors (Lipinski definition) is 3. The van der Waals surface area contributed by atoms with Gasteiger partial charge in [-0.1, -0.05) is 35.3 Å². The monoisotopic (exact) mass is 309 g/mol. The van der Waals surface area contributed by atoms with Crippen LogP contribution in [0.5, 0.6) is 0 Å². The Kier molecular flexibility index (Phi) is 4.51. The van der Waals surface area contributed by atoms with Crippen molar-refractivity contribution in [2.45, 2.75) is 26.8 Å². The zero-order valence-electron chi connectivity index (χ0n) is 12.0. The molecule has 3 nitrogen and oxygen atoms in total. The molecule has 0 fully saturated rings. The van der Waals surface area contributed by atoms with E-state index in [2.05, 4.69) is 16.9 Å². The minimum Gasteiger partial charge on any atom is -0.350 e. The SMILES string of the molecule is Cc1nc(Cl)c(N(C)C(C)c2ccc(Cl)cc2)nc1C. The smallest absolute Gasteiger partial charge is 0.171 e. The Hall–Kier alpha value is -1.32. The van der Waals surface area contributed by atoms with E-state index >= 15 is 0 Å². The van der Waals surface area contributed by atoms with Crippen LogP contribution in [0.25, 0.3) is 0 Å². The quantitative estimate of drug-likeness (QED) is 0.830. The summed E-state index contributed by atoms with van der Waals surface area (Å²) in [5.74, 6) is 0.692. The van der Waals surface area contributed by atoms with Crippen LogP contribution in [0.2, 0.25) is 10.2 Å². The summed E-state index contributed by atoms with van der Waals surface area (Å²) in [7, 11) is 1.96. The van der Waals surface area contributed by atoms with Crippen LogP contribution >= 0.6 is 23.2 Å². The Morgan fingerprint density at radius 2 is 1.55 bits per heavy atom. The molecule has 1 unspecified atom stereocenters. The molecule has 0 aliphatic heterocycles. The van der Waals surface area contributed by atoms with Crippen molar-refractivity contribution in [3.63, 3.8) is 0 Å². The van der Waals surface area contributed by atoms with Crippen molar-refractivity contribution in [2.75, 3.05) is 11.9 Å². The van der Waals surface area contributed by atoms with Gasteiger partial charge in [0, 0.05) is 12.1 Å². The Labute approximate surface area is 129 Å². The van der Waals surface area contributed by atoms with Gasteiger partial charge in [-0.05, 0) is 38.5 Å². The second kappa shape index (κ2) is 5.98. The van der Waals surface area contributed by atoms with Crippen LogP contribution in [-0.2, 0) is 0 Å². The maximum Gasteiger partial charge on any atom is 0.171 e. The van der Waals surface area contributed by atoms with Crippen LogP contribution in [0.4, 0.5) is 5.82 Å². The summed E-state index contributed by atoms with van der Waals surface area (Å²) >= 11 is 12.1. The number of anilines is 1. The van der Waals surface area contributed by atoms with Gasteiger partial charge in [-0.3, -0.25) is 0 Å². The third kappa shape index (κ3) is 3.05. The molecule has 2 aromatic rings. The Morgan fingerprint density at radius 3 is 2.15 bits per heavy atom. The molecular formula is C15H17Cl2N3. The molecule has 0 spiro atoms. The fourth-order valence-corrected chi connectivity index (χ4v) is 2.37. The fraction of sp³-hybridized carbons (Fsp3) is 0.333. The van der Waals surface area contributed by atoms with Gasteiger partial charge >= 0.3 is 0 Å². The van der Waals surface area contributed by atoms with E-state index in [4.69, 9.17) is 23.2 Å². The summed E-state index contributed by atoms with van der Waals surface area (Å²) < 4.78 is 0. The maximum atomic E-state index is 6.22. The van der Waals surface area contributed by atoms with E-state index in [1.54, 1.807) is 0 Å². The third-order valence-electron chi connectivity index (χ3n) is 3.52. The highest BCUT2D eigenvalue weighted by atomic mass is 35.5. The van der Waals surface area contributed by atoms with E-state index in [0.29, 0.717) is 11.0 Å². The van der Waals surface area contributed by atoms with Crippen molar-refractivity contribution >= 4 is 29.0 Å². The Balaban J connectivity index is 2.33. The molecular weight excluding hydrogens is 293 g/mol. The number of aryl methyl sites for hydroxylation is 2. The summed E-state index contributed by atoms with van der Waals surface area (Å²) in [6, 6.07) is 7.91. The van der Waals surface area contributed by atoms with Crippen molar-refractivity contribution < 1.29 is 0 Å². The van der Waals surface area contributed by atoms with Crippen molar-refractivity contribution in [3.8, 4) is 0 Å². The molecule has 0 amide bonds. The standard InChI is InChI=1S/C15H17Cl2N3/c1-9-10(2)19-15(14(17)18-9)20(4)11(3)12-5-7-13(16)8-6-12/h5-8,11H,1-4H3. The topological polar surface area (TPSA) is 29.0 Å². The van der Waals surface area contributed by atoms with Gasteiger partial charge in [0.15, 0.2) is 11.0 Å². The van der Waals surface area contributed by atoms with E-state index in [-0.39, 0.29) is 6.04 Å². The van der Waals surface area contributed by atoms with Gasteiger partial charge < -0.3 is 4.90 Å². The molecule has 0 aliphatic carbocycles. The first-order valence-corrected chi connectivity index (χ1v) is 7.14. The molecule has 1 heterocycles.